The van der Waals surface area contributed by atoms with Crippen LogP contribution >= 0.6 is 0 Å². The Bertz CT molecular complexity index is 356. The van der Waals surface area contributed by atoms with Crippen molar-refractivity contribution in [2.75, 3.05) is 26.2 Å². The van der Waals surface area contributed by atoms with Crippen molar-refractivity contribution in [1.29, 1.82) is 0 Å². The Morgan fingerprint density at radius 2 is 1.84 bits per heavy atom. The van der Waals surface area contributed by atoms with E-state index >= 15 is 0 Å². The maximum Gasteiger partial charge on any atom is 0.119 e. The summed E-state index contributed by atoms with van der Waals surface area (Å²) in [5.41, 5.74) is 1.33. The van der Waals surface area contributed by atoms with Gasteiger partial charge in [0.25, 0.3) is 0 Å². The molecule has 0 amide bonds. The fourth-order valence-corrected chi connectivity index (χ4v) is 2.59. The van der Waals surface area contributed by atoms with E-state index < -0.39 is 0 Å². The third-order valence-corrected chi connectivity index (χ3v) is 3.86. The van der Waals surface area contributed by atoms with Crippen molar-refractivity contribution in [3.8, 4) is 5.75 Å². The molecule has 2 rings (SSSR count). The highest BCUT2D eigenvalue weighted by Crippen LogP contribution is 2.14. The molecule has 1 aromatic carbocycles. The van der Waals surface area contributed by atoms with Crippen LogP contribution in [0.1, 0.15) is 32.3 Å². The van der Waals surface area contributed by atoms with E-state index in [2.05, 4.69) is 41.4 Å². The van der Waals surface area contributed by atoms with Crippen LogP contribution in [0, 0.1) is 0 Å². The van der Waals surface area contributed by atoms with Gasteiger partial charge in [0.05, 0.1) is 6.61 Å². The molecule has 3 heteroatoms. The molecule has 1 fully saturated rings. The molecule has 0 aromatic heterocycles. The summed E-state index contributed by atoms with van der Waals surface area (Å²) in [6.45, 7) is 9.60. The molecule has 0 aliphatic carbocycles. The van der Waals surface area contributed by atoms with Gasteiger partial charge in [-0.15, -0.1) is 0 Å². The van der Waals surface area contributed by atoms with E-state index in [4.69, 9.17) is 4.74 Å². The fourth-order valence-electron chi connectivity index (χ4n) is 2.59. The predicted molar refractivity (Wildman–Crippen MR) is 79.6 cm³/mol. The minimum atomic E-state index is 0.675. The lowest BCUT2D eigenvalue weighted by Gasteiger charge is -2.31. The Kier molecular flexibility index (Phi) is 5.67. The van der Waals surface area contributed by atoms with E-state index in [-0.39, 0.29) is 0 Å². The largest absolute Gasteiger partial charge is 0.494 e. The van der Waals surface area contributed by atoms with Crippen molar-refractivity contribution in [3.05, 3.63) is 29.8 Å². The average Bonchev–Trinajstić information content (AvgIpc) is 2.47. The zero-order valence-corrected chi connectivity index (χ0v) is 12.2. The summed E-state index contributed by atoms with van der Waals surface area (Å²) in [6, 6.07) is 9.09. The van der Waals surface area contributed by atoms with Gasteiger partial charge < -0.3 is 15.0 Å². The number of nitrogens with zero attached hydrogens (tertiary/aromatic N) is 1. The Morgan fingerprint density at radius 1 is 1.16 bits per heavy atom. The second-order valence-corrected chi connectivity index (χ2v) is 5.17. The van der Waals surface area contributed by atoms with E-state index in [1.807, 2.05) is 6.92 Å². The van der Waals surface area contributed by atoms with Gasteiger partial charge in [0.1, 0.15) is 5.75 Å². The number of piperidine rings is 1. The van der Waals surface area contributed by atoms with Gasteiger partial charge in [-0.1, -0.05) is 19.1 Å². The summed E-state index contributed by atoms with van der Waals surface area (Å²) in [4.78, 5) is 2.52. The molecule has 1 N–H and O–H groups in total. The summed E-state index contributed by atoms with van der Waals surface area (Å²) >= 11 is 0. The fraction of sp³-hybridized carbons (Fsp3) is 0.625. The van der Waals surface area contributed by atoms with Gasteiger partial charge in [0.2, 0.25) is 0 Å². The van der Waals surface area contributed by atoms with Crippen LogP contribution in [0.3, 0.4) is 0 Å². The van der Waals surface area contributed by atoms with Crippen LogP contribution in [0.5, 0.6) is 5.75 Å². The molecule has 0 atom stereocenters. The first-order chi connectivity index (χ1) is 9.31. The van der Waals surface area contributed by atoms with Crippen LogP contribution in [0.15, 0.2) is 24.3 Å². The Labute approximate surface area is 116 Å². The van der Waals surface area contributed by atoms with Gasteiger partial charge in [-0.25, -0.2) is 0 Å². The van der Waals surface area contributed by atoms with Gasteiger partial charge in [0, 0.05) is 12.6 Å². The number of hydrogen-bond acceptors (Lipinski definition) is 3. The highest BCUT2D eigenvalue weighted by Gasteiger charge is 2.17. The molecule has 1 heterocycles. The molecule has 3 nitrogen and oxygen atoms in total. The zero-order valence-electron chi connectivity index (χ0n) is 12.2. The van der Waals surface area contributed by atoms with Gasteiger partial charge in [-0.3, -0.25) is 0 Å². The SMILES string of the molecule is CCOc1ccc(CNC2CCN(CC)CC2)cc1. The van der Waals surface area contributed by atoms with Crippen molar-refractivity contribution in [2.24, 2.45) is 0 Å². The molecular weight excluding hydrogens is 236 g/mol. The van der Waals surface area contributed by atoms with Gasteiger partial charge >= 0.3 is 0 Å². The van der Waals surface area contributed by atoms with Crippen molar-refractivity contribution < 1.29 is 4.74 Å². The van der Waals surface area contributed by atoms with Crippen molar-refractivity contribution >= 4 is 0 Å². The first kappa shape index (κ1) is 14.4. The number of rotatable bonds is 6. The Morgan fingerprint density at radius 3 is 2.42 bits per heavy atom. The van der Waals surface area contributed by atoms with E-state index in [1.54, 1.807) is 0 Å². The summed E-state index contributed by atoms with van der Waals surface area (Å²) in [5, 5.41) is 3.67. The lowest BCUT2D eigenvalue weighted by Crippen LogP contribution is -2.42. The second kappa shape index (κ2) is 7.51. The summed E-state index contributed by atoms with van der Waals surface area (Å²) in [6.07, 6.45) is 2.54. The first-order valence-corrected chi connectivity index (χ1v) is 7.49. The number of hydrogen-bond donors (Lipinski definition) is 1. The van der Waals surface area contributed by atoms with E-state index in [1.165, 1.54) is 38.0 Å². The Balaban J connectivity index is 1.73. The number of ether oxygens (including phenoxy) is 1. The maximum absolute atomic E-state index is 5.45. The molecule has 0 unspecified atom stereocenters. The van der Waals surface area contributed by atoms with Crippen LogP contribution < -0.4 is 10.1 Å². The van der Waals surface area contributed by atoms with Crippen LogP contribution in [0.4, 0.5) is 0 Å². The molecule has 1 aromatic rings. The van der Waals surface area contributed by atoms with Crippen molar-refractivity contribution in [3.63, 3.8) is 0 Å². The average molecular weight is 262 g/mol. The Hall–Kier alpha value is -1.06. The smallest absolute Gasteiger partial charge is 0.119 e. The highest BCUT2D eigenvalue weighted by molar-refractivity contribution is 5.27. The monoisotopic (exact) mass is 262 g/mol. The third kappa shape index (κ3) is 4.51. The molecule has 19 heavy (non-hydrogen) atoms. The lowest BCUT2D eigenvalue weighted by molar-refractivity contribution is 0.206. The van der Waals surface area contributed by atoms with E-state index in [0.717, 1.165) is 18.9 Å². The lowest BCUT2D eigenvalue weighted by atomic mass is 10.0. The normalized spacial score (nSPS) is 17.6. The zero-order chi connectivity index (χ0) is 13.5. The van der Waals surface area contributed by atoms with Crippen LogP contribution in [-0.4, -0.2) is 37.2 Å². The maximum atomic E-state index is 5.45. The van der Waals surface area contributed by atoms with Crippen molar-refractivity contribution in [2.45, 2.75) is 39.3 Å². The highest BCUT2D eigenvalue weighted by atomic mass is 16.5. The molecule has 0 radical (unpaired) electrons. The molecular formula is C16H26N2O. The van der Waals surface area contributed by atoms with Gasteiger partial charge in [-0.2, -0.15) is 0 Å². The third-order valence-electron chi connectivity index (χ3n) is 3.86. The molecule has 106 valence electrons. The molecule has 0 spiro atoms. The van der Waals surface area contributed by atoms with Gasteiger partial charge in [-0.05, 0) is 57.1 Å². The first-order valence-electron chi connectivity index (χ1n) is 7.49. The summed E-state index contributed by atoms with van der Waals surface area (Å²) in [5.74, 6) is 0.961. The molecule has 0 saturated carbocycles. The molecule has 0 bridgehead atoms. The minimum absolute atomic E-state index is 0.675. The van der Waals surface area contributed by atoms with E-state index in [9.17, 15) is 0 Å². The predicted octanol–water partition coefficient (Wildman–Crippen LogP) is 2.66. The molecule has 1 aliphatic heterocycles. The number of benzene rings is 1. The second-order valence-electron chi connectivity index (χ2n) is 5.17. The summed E-state index contributed by atoms with van der Waals surface area (Å²) < 4.78 is 5.45. The number of likely N-dealkylation sites (tertiary alicyclic amines) is 1. The topological polar surface area (TPSA) is 24.5 Å². The van der Waals surface area contributed by atoms with Gasteiger partial charge in [0.15, 0.2) is 0 Å². The number of nitrogens with one attached hydrogen (secondary N) is 1. The van der Waals surface area contributed by atoms with E-state index in [0.29, 0.717) is 6.04 Å². The van der Waals surface area contributed by atoms with Crippen LogP contribution in [0.25, 0.3) is 0 Å². The van der Waals surface area contributed by atoms with Crippen molar-refractivity contribution in [1.82, 2.24) is 10.2 Å². The van der Waals surface area contributed by atoms with Crippen LogP contribution in [0.2, 0.25) is 0 Å². The minimum Gasteiger partial charge on any atom is -0.494 e. The molecule has 1 aliphatic rings. The summed E-state index contributed by atoms with van der Waals surface area (Å²) in [7, 11) is 0. The quantitative estimate of drug-likeness (QED) is 0.853. The van der Waals surface area contributed by atoms with Crippen LogP contribution in [-0.2, 0) is 6.54 Å². The molecule has 1 saturated heterocycles. The standard InChI is InChI=1S/C16H26N2O/c1-3-18-11-9-15(10-12-18)17-13-14-5-7-16(8-6-14)19-4-2/h5-8,15,17H,3-4,9-13H2,1-2H3.